The highest BCUT2D eigenvalue weighted by Crippen LogP contribution is 2.16. The second-order valence-corrected chi connectivity index (χ2v) is 9.95. The molecule has 218 valence electrons. The molecule has 0 fully saturated rings. The molecule has 3 N–H and O–H groups in total. The quantitative estimate of drug-likeness (QED) is 0.121. The minimum Gasteiger partial charge on any atom is -0.369 e. The first kappa shape index (κ1) is 32.2. The second-order valence-electron chi connectivity index (χ2n) is 8.44. The molecule has 0 bridgehead atoms. The normalized spacial score (nSPS) is 11.2. The van der Waals surface area contributed by atoms with E-state index < -0.39 is 11.8 Å². The number of hydrazone groups is 2. The number of rotatable bonds is 16. The van der Waals surface area contributed by atoms with Crippen LogP contribution in [0.4, 0.5) is 11.4 Å². The lowest BCUT2D eigenvalue weighted by atomic mass is 10.2. The minimum atomic E-state index is -0.655. The number of nitrogens with zero attached hydrogens (tertiary/aromatic N) is 5. The third-order valence-electron chi connectivity index (χ3n) is 5.78. The van der Waals surface area contributed by atoms with Crippen LogP contribution in [0.2, 0.25) is 0 Å². The molecule has 2 aromatic carbocycles. The van der Waals surface area contributed by atoms with Gasteiger partial charge in [-0.3, -0.25) is 9.59 Å². The van der Waals surface area contributed by atoms with Crippen LogP contribution in [0.1, 0.15) is 32.1 Å². The summed E-state index contributed by atoms with van der Waals surface area (Å²) < 4.78 is 0. The Morgan fingerprint density at radius 3 is 1.54 bits per heavy atom. The molecule has 41 heavy (non-hydrogen) atoms. The van der Waals surface area contributed by atoms with E-state index >= 15 is 0 Å². The highest BCUT2D eigenvalue weighted by molar-refractivity contribution is 6.19. The van der Waals surface area contributed by atoms with Crippen LogP contribution in [0.5, 0.6) is 0 Å². The van der Waals surface area contributed by atoms with Gasteiger partial charge in [0.25, 0.3) is 11.8 Å². The molecule has 1 aromatic heterocycles. The second kappa shape index (κ2) is 17.5. The number of imidazole rings is 1. The van der Waals surface area contributed by atoms with Crippen molar-refractivity contribution in [1.82, 2.24) is 20.8 Å². The Morgan fingerprint density at radius 2 is 1.12 bits per heavy atom. The molecule has 3 aromatic rings. The fourth-order valence-electron chi connectivity index (χ4n) is 3.77. The number of H-pyrrole nitrogens is 1. The van der Waals surface area contributed by atoms with E-state index in [1.54, 1.807) is 0 Å². The van der Waals surface area contributed by atoms with Gasteiger partial charge in [0.2, 0.25) is 0 Å². The van der Waals surface area contributed by atoms with Crippen LogP contribution < -0.4 is 20.7 Å². The average Bonchev–Trinajstić information content (AvgIpc) is 3.48. The van der Waals surface area contributed by atoms with Gasteiger partial charge in [0.15, 0.2) is 5.69 Å². The third-order valence-corrected chi connectivity index (χ3v) is 6.45. The smallest absolute Gasteiger partial charge is 0.292 e. The lowest BCUT2D eigenvalue weighted by molar-refractivity contribution is 0.0915. The number of aromatic amines is 1. The van der Waals surface area contributed by atoms with Crippen molar-refractivity contribution >= 4 is 82.0 Å². The first-order chi connectivity index (χ1) is 20.0. The SMILES string of the molecule is O=C(N/N=C/c1ccc(N(CCCl)CCCl)cc1)c1nc[nH]c1C(=O)N/N=C\c1ccc(N(CCCl)CCCl)cc1. The fraction of sp³-hybridized carbons (Fsp3) is 0.296. The van der Waals surface area contributed by atoms with E-state index in [-0.39, 0.29) is 11.4 Å². The van der Waals surface area contributed by atoms with Crippen molar-refractivity contribution in [3.63, 3.8) is 0 Å². The summed E-state index contributed by atoms with van der Waals surface area (Å²) in [5, 5.41) is 7.96. The Labute approximate surface area is 258 Å². The number of aromatic nitrogens is 2. The van der Waals surface area contributed by atoms with Crippen molar-refractivity contribution < 1.29 is 9.59 Å². The zero-order valence-electron chi connectivity index (χ0n) is 22.1. The molecule has 1 heterocycles. The maximum atomic E-state index is 12.6. The molecule has 0 spiro atoms. The van der Waals surface area contributed by atoms with E-state index in [2.05, 4.69) is 40.8 Å². The number of hydrogen-bond acceptors (Lipinski definition) is 7. The Balaban J connectivity index is 1.55. The van der Waals surface area contributed by atoms with Crippen LogP contribution in [0, 0.1) is 0 Å². The maximum absolute atomic E-state index is 12.6. The monoisotopic (exact) mass is 638 g/mol. The van der Waals surface area contributed by atoms with Crippen molar-refractivity contribution in [2.24, 2.45) is 10.2 Å². The first-order valence-electron chi connectivity index (χ1n) is 12.6. The summed E-state index contributed by atoms with van der Waals surface area (Å²) >= 11 is 23.5. The van der Waals surface area contributed by atoms with Crippen LogP contribution in [-0.4, -0.2) is 83.9 Å². The van der Waals surface area contributed by atoms with E-state index in [9.17, 15) is 9.59 Å². The summed E-state index contributed by atoms with van der Waals surface area (Å²) in [6.45, 7) is 2.72. The summed E-state index contributed by atoms with van der Waals surface area (Å²) in [5.74, 6) is 0.676. The van der Waals surface area contributed by atoms with Crippen LogP contribution in [0.15, 0.2) is 65.1 Å². The van der Waals surface area contributed by atoms with Gasteiger partial charge in [-0.1, -0.05) is 24.3 Å². The molecule has 0 aliphatic carbocycles. The molecule has 0 aliphatic heterocycles. The van der Waals surface area contributed by atoms with Gasteiger partial charge < -0.3 is 14.8 Å². The number of amides is 2. The van der Waals surface area contributed by atoms with E-state index in [4.69, 9.17) is 46.4 Å². The van der Waals surface area contributed by atoms with Crippen LogP contribution >= 0.6 is 46.4 Å². The maximum Gasteiger partial charge on any atom is 0.292 e. The topological polar surface area (TPSA) is 118 Å². The summed E-state index contributed by atoms with van der Waals surface area (Å²) in [6.07, 6.45) is 4.22. The predicted molar refractivity (Wildman–Crippen MR) is 169 cm³/mol. The van der Waals surface area contributed by atoms with E-state index in [0.29, 0.717) is 49.7 Å². The molecular formula is C27H30Cl4N8O2. The molecule has 0 aliphatic rings. The van der Waals surface area contributed by atoms with Crippen molar-refractivity contribution in [2.45, 2.75) is 0 Å². The molecular weight excluding hydrogens is 610 g/mol. The molecule has 0 atom stereocenters. The van der Waals surface area contributed by atoms with Gasteiger partial charge in [-0.05, 0) is 35.4 Å². The number of nitrogens with one attached hydrogen (secondary N) is 3. The molecule has 3 rings (SSSR count). The van der Waals surface area contributed by atoms with Gasteiger partial charge in [0, 0.05) is 61.1 Å². The molecule has 0 unspecified atom stereocenters. The number of carbonyl (C=O) groups excluding carboxylic acids is 2. The number of alkyl halides is 4. The van der Waals surface area contributed by atoms with Crippen LogP contribution in [-0.2, 0) is 0 Å². The first-order valence-corrected chi connectivity index (χ1v) is 14.8. The summed E-state index contributed by atoms with van der Waals surface area (Å²) in [5.41, 5.74) is 8.10. The third kappa shape index (κ3) is 9.93. The number of benzene rings is 2. The van der Waals surface area contributed by atoms with Gasteiger partial charge in [-0.15, -0.1) is 46.4 Å². The van der Waals surface area contributed by atoms with Gasteiger partial charge >= 0.3 is 0 Å². The Bertz CT molecular complexity index is 1190. The molecule has 0 saturated carbocycles. The number of anilines is 2. The van der Waals surface area contributed by atoms with E-state index in [0.717, 1.165) is 22.5 Å². The molecule has 0 radical (unpaired) electrons. The number of carbonyl (C=O) groups is 2. The zero-order chi connectivity index (χ0) is 29.5. The molecule has 2 amide bonds. The number of hydrogen-bond donors (Lipinski definition) is 3. The largest absolute Gasteiger partial charge is 0.369 e. The Kier molecular flexibility index (Phi) is 13.7. The van der Waals surface area contributed by atoms with Crippen LogP contribution in [0.3, 0.4) is 0 Å². The van der Waals surface area contributed by atoms with E-state index in [1.165, 1.54) is 18.8 Å². The highest BCUT2D eigenvalue weighted by Gasteiger charge is 2.20. The van der Waals surface area contributed by atoms with E-state index in [1.807, 2.05) is 48.5 Å². The highest BCUT2D eigenvalue weighted by atomic mass is 35.5. The van der Waals surface area contributed by atoms with Crippen LogP contribution in [0.25, 0.3) is 0 Å². The van der Waals surface area contributed by atoms with Gasteiger partial charge in [-0.2, -0.15) is 10.2 Å². The Morgan fingerprint density at radius 1 is 0.707 bits per heavy atom. The van der Waals surface area contributed by atoms with Crippen molar-refractivity contribution in [3.05, 3.63) is 77.4 Å². The summed E-state index contributed by atoms with van der Waals surface area (Å²) in [7, 11) is 0. The predicted octanol–water partition coefficient (Wildman–Crippen LogP) is 4.51. The van der Waals surface area contributed by atoms with Crippen molar-refractivity contribution in [1.29, 1.82) is 0 Å². The lowest BCUT2D eigenvalue weighted by Gasteiger charge is -2.22. The zero-order valence-corrected chi connectivity index (χ0v) is 25.1. The standard InChI is InChI=1S/C27H30Cl4N8O2/c28-9-13-38(14-10-29)22-5-1-20(2-6-22)17-34-36-26(40)24-25(33-19-32-24)27(41)37-35-18-21-3-7-23(8-4-21)39(15-11-30)16-12-31/h1-8,17-19H,9-16H2,(H,32,33)(H,36,40)(H,37,41)/b34-17-,35-18+. The fourth-order valence-corrected chi connectivity index (χ4v) is 4.59. The van der Waals surface area contributed by atoms with Gasteiger partial charge in [0.1, 0.15) is 5.69 Å². The minimum absolute atomic E-state index is 0.0500. The summed E-state index contributed by atoms with van der Waals surface area (Å²) in [4.78, 5) is 36.0. The molecule has 10 nitrogen and oxygen atoms in total. The lowest BCUT2D eigenvalue weighted by Crippen LogP contribution is -2.27. The van der Waals surface area contributed by atoms with Gasteiger partial charge in [-0.25, -0.2) is 15.8 Å². The molecule has 0 saturated heterocycles. The van der Waals surface area contributed by atoms with Gasteiger partial charge in [0.05, 0.1) is 18.8 Å². The van der Waals surface area contributed by atoms with Crippen molar-refractivity contribution in [2.75, 3.05) is 59.5 Å². The molecule has 14 heteroatoms. The Hall–Kier alpha value is -3.31. The summed E-state index contributed by atoms with van der Waals surface area (Å²) in [6, 6.07) is 15.1. The number of halogens is 4. The average molecular weight is 640 g/mol. The van der Waals surface area contributed by atoms with Crippen molar-refractivity contribution in [3.8, 4) is 0 Å².